The van der Waals surface area contributed by atoms with Gasteiger partial charge in [0.05, 0.1) is 23.7 Å². The first-order valence-corrected chi connectivity index (χ1v) is 10.3. The van der Waals surface area contributed by atoms with Crippen molar-refractivity contribution in [2.24, 2.45) is 16.7 Å². The second kappa shape index (κ2) is 5.55. The van der Waals surface area contributed by atoms with E-state index in [-0.39, 0.29) is 37.7 Å². The molecule has 2 unspecified atom stereocenters. The van der Waals surface area contributed by atoms with Crippen molar-refractivity contribution in [1.29, 1.82) is 0 Å². The van der Waals surface area contributed by atoms with E-state index in [0.717, 1.165) is 5.57 Å². The maximum Gasteiger partial charge on any atom is 0.105 e. The van der Waals surface area contributed by atoms with Gasteiger partial charge in [-0.15, -0.1) is 0 Å². The Kier molecular flexibility index (Phi) is 4.07. The summed E-state index contributed by atoms with van der Waals surface area (Å²) in [7, 11) is 0. The molecule has 0 radical (unpaired) electrons. The average Bonchev–Trinajstić information content (AvgIpc) is 2.83. The fourth-order valence-electron chi connectivity index (χ4n) is 7.37. The van der Waals surface area contributed by atoms with E-state index < -0.39 is 39.8 Å². The van der Waals surface area contributed by atoms with Crippen molar-refractivity contribution in [3.8, 4) is 0 Å². The normalized spacial score (nSPS) is 58.7. The number of rotatable bonds is 1. The Hall–Kier alpha value is -0.500. The van der Waals surface area contributed by atoms with Gasteiger partial charge in [0.25, 0.3) is 0 Å². The Morgan fingerprint density at radius 3 is 2.37 bits per heavy atom. The van der Waals surface area contributed by atoms with Gasteiger partial charge in [0, 0.05) is 5.92 Å². The molecule has 27 heavy (non-hydrogen) atoms. The van der Waals surface area contributed by atoms with Crippen LogP contribution in [0.1, 0.15) is 65.7 Å². The largest absolute Gasteiger partial charge is 0.393 e. The Labute approximate surface area is 160 Å². The van der Waals surface area contributed by atoms with Gasteiger partial charge >= 0.3 is 0 Å². The van der Waals surface area contributed by atoms with Crippen LogP contribution in [0.5, 0.6) is 0 Å². The van der Waals surface area contributed by atoms with E-state index in [2.05, 4.69) is 6.92 Å². The highest BCUT2D eigenvalue weighted by Gasteiger charge is 2.80. The van der Waals surface area contributed by atoms with Gasteiger partial charge in [-0.2, -0.15) is 0 Å². The molecule has 6 N–H and O–H groups in total. The van der Waals surface area contributed by atoms with Gasteiger partial charge < -0.3 is 30.6 Å². The molecule has 0 amide bonds. The Bertz CT molecular complexity index is 678. The molecule has 0 saturated heterocycles. The molecule has 4 aliphatic carbocycles. The van der Waals surface area contributed by atoms with Gasteiger partial charge in [0.1, 0.15) is 16.8 Å². The van der Waals surface area contributed by atoms with E-state index in [1.165, 1.54) is 6.92 Å². The maximum absolute atomic E-state index is 11.9. The highest BCUT2D eigenvalue weighted by Crippen LogP contribution is 2.70. The van der Waals surface area contributed by atoms with E-state index in [9.17, 15) is 30.6 Å². The molecule has 9 atom stereocenters. The van der Waals surface area contributed by atoms with Crippen LogP contribution in [0, 0.1) is 16.7 Å². The van der Waals surface area contributed by atoms with E-state index in [1.807, 2.05) is 6.08 Å². The van der Waals surface area contributed by atoms with E-state index >= 15 is 0 Å². The Balaban J connectivity index is 1.86. The number of aliphatic hydroxyl groups is 6. The number of hydrogen-bond acceptors (Lipinski definition) is 6. The SMILES string of the molecule is CC(O)[C@@]1(O)CC[C@]2(O)C3(O)CC=C4C[C@@H](O)CC[C@]4(C)[C@H]3C[C@@H](O)[C@]12C. The molecule has 154 valence electrons. The summed E-state index contributed by atoms with van der Waals surface area (Å²) in [6.07, 6.45) is 1.96. The highest BCUT2D eigenvalue weighted by atomic mass is 16.4. The number of hydrogen-bond donors (Lipinski definition) is 6. The lowest BCUT2D eigenvalue weighted by molar-refractivity contribution is -0.325. The molecular weight excluding hydrogens is 348 g/mol. The third-order valence-electron chi connectivity index (χ3n) is 9.35. The summed E-state index contributed by atoms with van der Waals surface area (Å²) in [5.74, 6) is -0.373. The Morgan fingerprint density at radius 1 is 1.07 bits per heavy atom. The molecule has 6 nitrogen and oxygen atoms in total. The lowest BCUT2D eigenvalue weighted by atomic mass is 9.42. The van der Waals surface area contributed by atoms with Crippen molar-refractivity contribution in [1.82, 2.24) is 0 Å². The van der Waals surface area contributed by atoms with Gasteiger partial charge in [-0.05, 0) is 57.3 Å². The number of aliphatic hydroxyl groups excluding tert-OH is 3. The van der Waals surface area contributed by atoms with E-state index in [1.54, 1.807) is 6.92 Å². The zero-order valence-electron chi connectivity index (χ0n) is 16.5. The summed E-state index contributed by atoms with van der Waals surface area (Å²) >= 11 is 0. The minimum Gasteiger partial charge on any atom is -0.393 e. The van der Waals surface area contributed by atoms with Crippen LogP contribution < -0.4 is 0 Å². The van der Waals surface area contributed by atoms with Crippen LogP contribution >= 0.6 is 0 Å². The van der Waals surface area contributed by atoms with Crippen molar-refractivity contribution in [2.45, 2.75) is 101 Å². The highest BCUT2D eigenvalue weighted by molar-refractivity contribution is 5.36. The summed E-state index contributed by atoms with van der Waals surface area (Å²) < 4.78 is 0. The van der Waals surface area contributed by atoms with Gasteiger partial charge in [-0.3, -0.25) is 0 Å². The van der Waals surface area contributed by atoms with Crippen molar-refractivity contribution in [3.63, 3.8) is 0 Å². The van der Waals surface area contributed by atoms with Crippen molar-refractivity contribution in [2.75, 3.05) is 0 Å². The summed E-state index contributed by atoms with van der Waals surface area (Å²) in [4.78, 5) is 0. The fourth-order valence-corrected chi connectivity index (χ4v) is 7.37. The van der Waals surface area contributed by atoms with Crippen molar-refractivity contribution >= 4 is 0 Å². The second-order valence-electron chi connectivity index (χ2n) is 10.1. The average molecular weight is 382 g/mol. The molecule has 4 aliphatic rings. The van der Waals surface area contributed by atoms with Crippen molar-refractivity contribution in [3.05, 3.63) is 11.6 Å². The van der Waals surface area contributed by atoms with Crippen LogP contribution in [0.3, 0.4) is 0 Å². The maximum atomic E-state index is 11.9. The molecule has 4 rings (SSSR count). The van der Waals surface area contributed by atoms with E-state index in [0.29, 0.717) is 19.3 Å². The van der Waals surface area contributed by atoms with E-state index in [4.69, 9.17) is 0 Å². The van der Waals surface area contributed by atoms with Gasteiger partial charge in [-0.25, -0.2) is 0 Å². The predicted molar refractivity (Wildman–Crippen MR) is 98.6 cm³/mol. The second-order valence-corrected chi connectivity index (χ2v) is 10.1. The number of fused-ring (bicyclic) bond motifs is 5. The molecule has 0 aromatic carbocycles. The van der Waals surface area contributed by atoms with Gasteiger partial charge in [0.15, 0.2) is 0 Å². The smallest absolute Gasteiger partial charge is 0.105 e. The summed E-state index contributed by atoms with van der Waals surface area (Å²) in [6, 6.07) is 0. The molecule has 0 aromatic rings. The molecule has 0 heterocycles. The summed E-state index contributed by atoms with van der Waals surface area (Å²) in [5, 5.41) is 66.6. The standard InChI is InChI=1S/C21H34O6/c1-12(22)19(25)8-9-21(27)18(19,3)16(24)11-15-17(2)6-5-14(23)10-13(17)4-7-20(15,21)26/h4,12,14-16,22-27H,5-11H2,1-3H3/t12?,14-,15+,16+,17-,18+,19-,20?,21+/m0/s1. The minimum atomic E-state index is -1.71. The zero-order valence-corrected chi connectivity index (χ0v) is 16.5. The third kappa shape index (κ3) is 2.02. The Morgan fingerprint density at radius 2 is 1.74 bits per heavy atom. The first-order valence-electron chi connectivity index (χ1n) is 10.3. The molecular formula is C21H34O6. The molecule has 0 aromatic heterocycles. The monoisotopic (exact) mass is 382 g/mol. The molecule has 6 heteroatoms. The van der Waals surface area contributed by atoms with Gasteiger partial charge in [-0.1, -0.05) is 25.5 Å². The van der Waals surface area contributed by atoms with Crippen LogP contribution in [0.15, 0.2) is 11.6 Å². The zero-order chi connectivity index (χ0) is 20.0. The minimum absolute atomic E-state index is 0.121. The summed E-state index contributed by atoms with van der Waals surface area (Å²) in [5.41, 5.74) is -5.63. The molecule has 0 bridgehead atoms. The summed E-state index contributed by atoms with van der Waals surface area (Å²) in [6.45, 7) is 5.15. The van der Waals surface area contributed by atoms with Crippen LogP contribution in [0.2, 0.25) is 0 Å². The quantitative estimate of drug-likeness (QED) is 0.370. The first-order chi connectivity index (χ1) is 12.4. The predicted octanol–water partition coefficient (Wildman–Crippen LogP) is 0.623. The lowest BCUT2D eigenvalue weighted by Gasteiger charge is -2.67. The lowest BCUT2D eigenvalue weighted by Crippen LogP contribution is -2.78. The van der Waals surface area contributed by atoms with Crippen LogP contribution in [0.25, 0.3) is 0 Å². The molecule has 0 spiro atoms. The van der Waals surface area contributed by atoms with Gasteiger partial charge in [0.2, 0.25) is 0 Å². The molecule has 3 saturated carbocycles. The van der Waals surface area contributed by atoms with Crippen LogP contribution in [-0.4, -0.2) is 65.8 Å². The van der Waals surface area contributed by atoms with Crippen molar-refractivity contribution < 1.29 is 30.6 Å². The topological polar surface area (TPSA) is 121 Å². The van der Waals surface area contributed by atoms with Crippen LogP contribution in [-0.2, 0) is 0 Å². The first kappa shape index (κ1) is 19.8. The molecule has 3 fully saturated rings. The third-order valence-corrected chi connectivity index (χ3v) is 9.35. The molecule has 0 aliphatic heterocycles. The fraction of sp³-hybridized carbons (Fsp3) is 0.905. The van der Waals surface area contributed by atoms with Crippen LogP contribution in [0.4, 0.5) is 0 Å².